The molecule has 0 bridgehead atoms. The molecule has 3 radical (unpaired) electrons. The highest BCUT2D eigenvalue weighted by atomic mass is 28.1. The summed E-state index contributed by atoms with van der Waals surface area (Å²) in [6.07, 6.45) is 0. The number of aromatic nitrogens is 1. The van der Waals surface area contributed by atoms with E-state index < -0.39 is 0 Å². The Kier molecular flexibility index (Phi) is 1.66. The van der Waals surface area contributed by atoms with Crippen molar-refractivity contribution in [3.8, 4) is 5.75 Å². The minimum absolute atomic E-state index is 0.872. The highest BCUT2D eigenvalue weighted by molar-refractivity contribution is 6.32. The normalized spacial score (nSPS) is 10.5. The van der Waals surface area contributed by atoms with Gasteiger partial charge in [-0.25, -0.2) is 0 Å². The minimum atomic E-state index is 0.872. The first-order chi connectivity index (χ1) is 5.81. The van der Waals surface area contributed by atoms with Crippen LogP contribution in [0.3, 0.4) is 0 Å². The van der Waals surface area contributed by atoms with E-state index >= 15 is 0 Å². The molecule has 0 saturated heterocycles. The van der Waals surface area contributed by atoms with E-state index in [2.05, 4.69) is 15.2 Å². The van der Waals surface area contributed by atoms with Gasteiger partial charge in [0.1, 0.15) is 5.75 Å². The Morgan fingerprint density at radius 1 is 1.42 bits per heavy atom. The average molecular weight is 174 g/mol. The molecule has 2 aromatic rings. The summed E-state index contributed by atoms with van der Waals surface area (Å²) in [5.74, 6) is 0.872. The van der Waals surface area contributed by atoms with Crippen molar-refractivity contribution in [2.24, 2.45) is 0 Å². The SMILES string of the molecule is COc1cccc2cc([Si])[nH]c12. The predicted octanol–water partition coefficient (Wildman–Crippen LogP) is 0.970. The summed E-state index contributed by atoms with van der Waals surface area (Å²) in [7, 11) is 5.10. The van der Waals surface area contributed by atoms with Crippen LogP contribution in [0.4, 0.5) is 0 Å². The van der Waals surface area contributed by atoms with Crippen LogP contribution < -0.4 is 10.1 Å². The lowest BCUT2D eigenvalue weighted by molar-refractivity contribution is 0.419. The summed E-state index contributed by atoms with van der Waals surface area (Å²) in [6, 6.07) is 7.97. The van der Waals surface area contributed by atoms with Crippen molar-refractivity contribution in [1.29, 1.82) is 0 Å². The third-order valence-corrected chi connectivity index (χ3v) is 2.11. The molecule has 0 aliphatic heterocycles. The first-order valence-corrected chi connectivity index (χ1v) is 4.18. The zero-order valence-corrected chi connectivity index (χ0v) is 7.72. The van der Waals surface area contributed by atoms with Gasteiger partial charge in [-0.3, -0.25) is 0 Å². The lowest BCUT2D eigenvalue weighted by Crippen LogP contribution is -1.99. The molecule has 0 unspecified atom stereocenters. The molecule has 0 atom stereocenters. The number of nitrogens with one attached hydrogen (secondary N) is 1. The Balaban J connectivity index is 2.78. The molecule has 2 nitrogen and oxygen atoms in total. The van der Waals surface area contributed by atoms with E-state index in [1.165, 1.54) is 0 Å². The third kappa shape index (κ3) is 1.02. The first-order valence-electron chi connectivity index (χ1n) is 3.68. The van der Waals surface area contributed by atoms with Gasteiger partial charge in [0, 0.05) is 5.39 Å². The molecule has 0 aliphatic carbocycles. The summed E-state index contributed by atoms with van der Waals surface area (Å²) in [4.78, 5) is 3.17. The number of para-hydroxylation sites is 1. The number of hydrogen-bond donors (Lipinski definition) is 1. The van der Waals surface area contributed by atoms with Crippen LogP contribution in [-0.2, 0) is 0 Å². The molecular formula is C9H8NOSi. The fourth-order valence-electron chi connectivity index (χ4n) is 1.30. The molecule has 2 rings (SSSR count). The van der Waals surface area contributed by atoms with Crippen molar-refractivity contribution in [2.75, 3.05) is 7.11 Å². The second-order valence-electron chi connectivity index (χ2n) is 2.61. The Morgan fingerprint density at radius 2 is 2.25 bits per heavy atom. The molecule has 0 fully saturated rings. The molecule has 0 spiro atoms. The van der Waals surface area contributed by atoms with Crippen LogP contribution in [0.1, 0.15) is 0 Å². The Labute approximate surface area is 74.0 Å². The number of fused-ring (bicyclic) bond motifs is 1. The fourth-order valence-corrected chi connectivity index (χ4v) is 1.58. The third-order valence-electron chi connectivity index (χ3n) is 1.84. The summed E-state index contributed by atoms with van der Waals surface area (Å²) >= 11 is 0. The maximum atomic E-state index is 5.19. The van der Waals surface area contributed by atoms with Crippen molar-refractivity contribution >= 4 is 26.5 Å². The van der Waals surface area contributed by atoms with Gasteiger partial charge in [0.15, 0.2) is 0 Å². The number of H-pyrrole nitrogens is 1. The number of rotatable bonds is 1. The van der Waals surface area contributed by atoms with Crippen LogP contribution in [0.25, 0.3) is 10.9 Å². The first kappa shape index (κ1) is 7.43. The van der Waals surface area contributed by atoms with Gasteiger partial charge in [0.05, 0.1) is 22.9 Å². The molecule has 1 heterocycles. The quantitative estimate of drug-likeness (QED) is 0.640. The lowest BCUT2D eigenvalue weighted by Gasteiger charge is -1.99. The lowest BCUT2D eigenvalue weighted by atomic mass is 10.2. The van der Waals surface area contributed by atoms with Gasteiger partial charge in [-0.1, -0.05) is 12.1 Å². The fraction of sp³-hybridized carbons (Fsp3) is 0.111. The van der Waals surface area contributed by atoms with Gasteiger partial charge in [0.2, 0.25) is 0 Å². The molecule has 3 heteroatoms. The highest BCUT2D eigenvalue weighted by Gasteiger charge is 2.01. The predicted molar refractivity (Wildman–Crippen MR) is 50.2 cm³/mol. The summed E-state index contributed by atoms with van der Waals surface area (Å²) in [6.45, 7) is 0. The van der Waals surface area contributed by atoms with Crippen LogP contribution in [0.2, 0.25) is 0 Å². The van der Waals surface area contributed by atoms with E-state index in [4.69, 9.17) is 4.74 Å². The van der Waals surface area contributed by atoms with Crippen molar-refractivity contribution in [3.05, 3.63) is 24.3 Å². The molecule has 1 aromatic carbocycles. The number of benzene rings is 1. The van der Waals surface area contributed by atoms with E-state index in [1.54, 1.807) is 7.11 Å². The van der Waals surface area contributed by atoms with E-state index in [-0.39, 0.29) is 0 Å². The topological polar surface area (TPSA) is 25.0 Å². The van der Waals surface area contributed by atoms with Crippen molar-refractivity contribution in [3.63, 3.8) is 0 Å². The Morgan fingerprint density at radius 3 is 3.00 bits per heavy atom. The van der Waals surface area contributed by atoms with Crippen LogP contribution in [0, 0.1) is 0 Å². The van der Waals surface area contributed by atoms with Gasteiger partial charge in [-0.05, 0) is 17.4 Å². The Bertz CT molecular complexity index is 408. The molecule has 0 saturated carbocycles. The minimum Gasteiger partial charge on any atom is -0.495 e. The van der Waals surface area contributed by atoms with E-state index in [0.29, 0.717) is 0 Å². The smallest absolute Gasteiger partial charge is 0.142 e. The maximum absolute atomic E-state index is 5.19. The summed E-state index contributed by atoms with van der Waals surface area (Å²) < 4.78 is 5.19. The van der Waals surface area contributed by atoms with E-state index in [9.17, 15) is 0 Å². The second-order valence-corrected chi connectivity index (χ2v) is 3.15. The van der Waals surface area contributed by atoms with Crippen molar-refractivity contribution in [2.45, 2.75) is 0 Å². The standard InChI is InChI=1S/C9H8NOSi/c1-11-7-4-2-3-6-5-8(12)10-9(6)7/h2-5,10H,1H3. The molecule has 1 N–H and O–H groups in total. The van der Waals surface area contributed by atoms with Crippen LogP contribution in [-0.4, -0.2) is 22.3 Å². The zero-order chi connectivity index (χ0) is 8.55. The molecule has 0 amide bonds. The van der Waals surface area contributed by atoms with Crippen LogP contribution >= 0.6 is 0 Å². The van der Waals surface area contributed by atoms with Gasteiger partial charge < -0.3 is 9.72 Å². The maximum Gasteiger partial charge on any atom is 0.142 e. The molecular weight excluding hydrogens is 166 g/mol. The molecule has 1 aromatic heterocycles. The molecule has 59 valence electrons. The van der Waals surface area contributed by atoms with Crippen molar-refractivity contribution < 1.29 is 4.74 Å². The summed E-state index contributed by atoms with van der Waals surface area (Å²) in [5, 5.41) is 2.12. The average Bonchev–Trinajstić information content (AvgIpc) is 2.44. The van der Waals surface area contributed by atoms with Gasteiger partial charge in [-0.15, -0.1) is 0 Å². The Hall–Kier alpha value is -1.22. The van der Waals surface area contributed by atoms with E-state index in [0.717, 1.165) is 22.0 Å². The zero-order valence-electron chi connectivity index (χ0n) is 6.72. The second kappa shape index (κ2) is 2.68. The van der Waals surface area contributed by atoms with Crippen LogP contribution in [0.5, 0.6) is 5.75 Å². The van der Waals surface area contributed by atoms with Gasteiger partial charge in [0.25, 0.3) is 0 Å². The molecule has 0 aliphatic rings. The van der Waals surface area contributed by atoms with Crippen molar-refractivity contribution in [1.82, 2.24) is 4.98 Å². The summed E-state index contributed by atoms with van der Waals surface area (Å²) in [5.41, 5.74) is 1.03. The van der Waals surface area contributed by atoms with Gasteiger partial charge in [-0.2, -0.15) is 0 Å². The van der Waals surface area contributed by atoms with Crippen LogP contribution in [0.15, 0.2) is 24.3 Å². The number of aromatic amines is 1. The van der Waals surface area contributed by atoms with E-state index in [1.807, 2.05) is 24.3 Å². The number of methoxy groups -OCH3 is 1. The van der Waals surface area contributed by atoms with Gasteiger partial charge >= 0.3 is 0 Å². The highest BCUT2D eigenvalue weighted by Crippen LogP contribution is 2.21. The number of hydrogen-bond acceptors (Lipinski definition) is 1. The molecule has 12 heavy (non-hydrogen) atoms. The largest absolute Gasteiger partial charge is 0.495 e. The monoisotopic (exact) mass is 174 g/mol. The number of ether oxygens (including phenoxy) is 1.